The normalized spacial score (nSPS) is 26.2. The lowest BCUT2D eigenvalue weighted by Gasteiger charge is -2.28. The summed E-state index contributed by atoms with van der Waals surface area (Å²) in [6.07, 6.45) is 10.1. The van der Waals surface area contributed by atoms with Crippen LogP contribution in [-0.4, -0.2) is 28.9 Å². The lowest BCUT2D eigenvalue weighted by molar-refractivity contribution is 0.395. The zero-order valence-electron chi connectivity index (χ0n) is 12.7. The van der Waals surface area contributed by atoms with Gasteiger partial charge in [-0.2, -0.15) is 5.10 Å². The van der Waals surface area contributed by atoms with Crippen molar-refractivity contribution in [3.05, 3.63) is 22.6 Å². The van der Waals surface area contributed by atoms with Crippen LogP contribution in [0, 0.1) is 5.92 Å². The van der Waals surface area contributed by atoms with Crippen molar-refractivity contribution in [1.29, 1.82) is 0 Å². The van der Waals surface area contributed by atoms with Crippen LogP contribution in [0.3, 0.4) is 0 Å². The Labute approximate surface area is 126 Å². The van der Waals surface area contributed by atoms with Crippen LogP contribution in [0.5, 0.6) is 0 Å². The molecule has 2 unspecified atom stereocenters. The Bertz CT molecular complexity index is 521. The Hall–Kier alpha value is -1.36. The number of piperidine rings is 1. The summed E-state index contributed by atoms with van der Waals surface area (Å²) in [6.45, 7) is 2.78. The zero-order valence-corrected chi connectivity index (χ0v) is 12.7. The quantitative estimate of drug-likeness (QED) is 0.917. The molecular formula is C16H26N4O. The van der Waals surface area contributed by atoms with Gasteiger partial charge in [-0.1, -0.05) is 6.42 Å². The van der Waals surface area contributed by atoms with Crippen molar-refractivity contribution in [2.45, 2.75) is 57.5 Å². The fourth-order valence-corrected chi connectivity index (χ4v) is 3.63. The van der Waals surface area contributed by atoms with E-state index in [-0.39, 0.29) is 5.56 Å². The summed E-state index contributed by atoms with van der Waals surface area (Å²) in [5.74, 6) is 0.556. The number of aromatic nitrogens is 2. The van der Waals surface area contributed by atoms with Gasteiger partial charge in [-0.25, -0.2) is 4.68 Å². The zero-order chi connectivity index (χ0) is 14.7. The molecule has 1 saturated heterocycles. The number of nitrogens with two attached hydrogens (primary N) is 1. The molecule has 2 N–H and O–H groups in total. The fraction of sp³-hybridized carbons (Fsp3) is 0.750. The molecule has 2 heterocycles. The first-order valence-corrected chi connectivity index (χ1v) is 8.32. The van der Waals surface area contributed by atoms with Gasteiger partial charge in [-0.15, -0.1) is 0 Å². The number of rotatable bonds is 4. The van der Waals surface area contributed by atoms with E-state index in [4.69, 9.17) is 5.73 Å². The van der Waals surface area contributed by atoms with Gasteiger partial charge in [-0.05, 0) is 44.4 Å². The molecule has 1 aliphatic heterocycles. The van der Waals surface area contributed by atoms with E-state index in [0.717, 1.165) is 31.6 Å². The topological polar surface area (TPSA) is 64.2 Å². The molecule has 21 heavy (non-hydrogen) atoms. The molecular weight excluding hydrogens is 264 g/mol. The van der Waals surface area contributed by atoms with E-state index in [9.17, 15) is 4.79 Å². The lowest BCUT2D eigenvalue weighted by atomic mass is 10.0. The van der Waals surface area contributed by atoms with Crippen molar-refractivity contribution < 1.29 is 0 Å². The van der Waals surface area contributed by atoms with Crippen molar-refractivity contribution in [1.82, 2.24) is 9.78 Å². The number of hydrogen-bond acceptors (Lipinski definition) is 4. The second kappa shape index (κ2) is 6.60. The summed E-state index contributed by atoms with van der Waals surface area (Å²) in [6, 6.07) is 2.06. The molecule has 0 radical (unpaired) electrons. The van der Waals surface area contributed by atoms with E-state index in [1.54, 1.807) is 10.7 Å². The molecule has 0 aromatic carbocycles. The van der Waals surface area contributed by atoms with E-state index in [2.05, 4.69) is 10.00 Å². The summed E-state index contributed by atoms with van der Waals surface area (Å²) in [4.78, 5) is 14.5. The van der Waals surface area contributed by atoms with Crippen molar-refractivity contribution >= 4 is 5.69 Å². The minimum Gasteiger partial charge on any atom is -0.370 e. The van der Waals surface area contributed by atoms with Gasteiger partial charge in [0.1, 0.15) is 0 Å². The van der Waals surface area contributed by atoms with Gasteiger partial charge in [-0.3, -0.25) is 4.79 Å². The van der Waals surface area contributed by atoms with Crippen LogP contribution in [-0.2, 0) is 6.54 Å². The fourth-order valence-electron chi connectivity index (χ4n) is 3.63. The Morgan fingerprint density at radius 2 is 2.00 bits per heavy atom. The third-order valence-electron chi connectivity index (χ3n) is 5.01. The molecule has 2 fully saturated rings. The summed E-state index contributed by atoms with van der Waals surface area (Å²) in [5, 5.41) is 4.36. The van der Waals surface area contributed by atoms with Gasteiger partial charge in [0.05, 0.1) is 11.9 Å². The minimum absolute atomic E-state index is 0.0182. The molecule has 1 aliphatic carbocycles. The smallest absolute Gasteiger partial charge is 0.268 e. The van der Waals surface area contributed by atoms with Gasteiger partial charge in [0.15, 0.2) is 0 Å². The number of aryl methyl sites for hydroxylation is 1. The molecule has 0 amide bonds. The highest BCUT2D eigenvalue weighted by Crippen LogP contribution is 2.27. The van der Waals surface area contributed by atoms with Crippen LogP contribution in [0.1, 0.15) is 44.9 Å². The van der Waals surface area contributed by atoms with Gasteiger partial charge in [0.25, 0.3) is 5.56 Å². The monoisotopic (exact) mass is 290 g/mol. The summed E-state index contributed by atoms with van der Waals surface area (Å²) < 4.78 is 1.60. The first-order chi connectivity index (χ1) is 10.2. The van der Waals surface area contributed by atoms with Crippen LogP contribution in [0.4, 0.5) is 5.69 Å². The average molecular weight is 290 g/mol. The largest absolute Gasteiger partial charge is 0.370 e. The SMILES string of the molecule is NC1CCCC1CCn1ncc(N2CCCCC2)cc1=O. The highest BCUT2D eigenvalue weighted by molar-refractivity contribution is 5.43. The maximum atomic E-state index is 12.2. The average Bonchev–Trinajstić information content (AvgIpc) is 2.92. The number of anilines is 1. The molecule has 5 heteroatoms. The summed E-state index contributed by atoms with van der Waals surface area (Å²) in [5.41, 5.74) is 7.09. The molecule has 3 rings (SSSR count). The van der Waals surface area contributed by atoms with Crippen LogP contribution in [0.2, 0.25) is 0 Å². The Morgan fingerprint density at radius 3 is 2.67 bits per heavy atom. The van der Waals surface area contributed by atoms with Gasteiger partial charge in [0.2, 0.25) is 0 Å². The van der Waals surface area contributed by atoms with E-state index in [1.807, 2.05) is 6.20 Å². The van der Waals surface area contributed by atoms with E-state index in [1.165, 1.54) is 32.1 Å². The molecule has 1 aromatic heterocycles. The molecule has 1 aromatic rings. The van der Waals surface area contributed by atoms with Crippen LogP contribution in [0.15, 0.2) is 17.1 Å². The van der Waals surface area contributed by atoms with Crippen LogP contribution >= 0.6 is 0 Å². The molecule has 116 valence electrons. The minimum atomic E-state index is 0.0182. The highest BCUT2D eigenvalue weighted by atomic mass is 16.1. The second-order valence-corrected chi connectivity index (χ2v) is 6.47. The molecule has 2 aliphatic rings. The van der Waals surface area contributed by atoms with Crippen molar-refractivity contribution in [3.8, 4) is 0 Å². The number of nitrogens with zero attached hydrogens (tertiary/aromatic N) is 3. The van der Waals surface area contributed by atoms with Crippen molar-refractivity contribution in [2.24, 2.45) is 11.7 Å². The van der Waals surface area contributed by atoms with E-state index >= 15 is 0 Å². The first-order valence-electron chi connectivity index (χ1n) is 8.32. The van der Waals surface area contributed by atoms with Gasteiger partial charge >= 0.3 is 0 Å². The molecule has 0 bridgehead atoms. The highest BCUT2D eigenvalue weighted by Gasteiger charge is 2.23. The molecule has 0 spiro atoms. The maximum absolute atomic E-state index is 12.2. The Balaban J connectivity index is 1.62. The summed E-state index contributed by atoms with van der Waals surface area (Å²) in [7, 11) is 0. The van der Waals surface area contributed by atoms with Crippen LogP contribution in [0.25, 0.3) is 0 Å². The maximum Gasteiger partial charge on any atom is 0.268 e. The molecule has 5 nitrogen and oxygen atoms in total. The van der Waals surface area contributed by atoms with E-state index in [0.29, 0.717) is 18.5 Å². The Kier molecular flexibility index (Phi) is 4.58. The molecule has 1 saturated carbocycles. The number of hydrogen-bond donors (Lipinski definition) is 1. The van der Waals surface area contributed by atoms with Crippen molar-refractivity contribution in [2.75, 3.05) is 18.0 Å². The predicted molar refractivity (Wildman–Crippen MR) is 84.5 cm³/mol. The summed E-state index contributed by atoms with van der Waals surface area (Å²) >= 11 is 0. The standard InChI is InChI=1S/C16H26N4O/c17-15-6-4-5-13(15)7-10-20-16(21)11-14(12-18-20)19-8-2-1-3-9-19/h11-13,15H,1-10,17H2. The van der Waals surface area contributed by atoms with Gasteiger partial charge in [0, 0.05) is 31.7 Å². The predicted octanol–water partition coefficient (Wildman–Crippen LogP) is 1.75. The lowest BCUT2D eigenvalue weighted by Crippen LogP contribution is -2.32. The first kappa shape index (κ1) is 14.6. The van der Waals surface area contributed by atoms with Crippen molar-refractivity contribution in [3.63, 3.8) is 0 Å². The second-order valence-electron chi connectivity index (χ2n) is 6.47. The third-order valence-corrected chi connectivity index (χ3v) is 5.01. The molecule has 2 atom stereocenters. The van der Waals surface area contributed by atoms with Crippen LogP contribution < -0.4 is 16.2 Å². The third kappa shape index (κ3) is 3.46. The van der Waals surface area contributed by atoms with E-state index < -0.39 is 0 Å². The van der Waals surface area contributed by atoms with Gasteiger partial charge < -0.3 is 10.6 Å². The Morgan fingerprint density at radius 1 is 1.19 bits per heavy atom.